The summed E-state index contributed by atoms with van der Waals surface area (Å²) in [6, 6.07) is -3.98. The van der Waals surface area contributed by atoms with E-state index in [1.54, 1.807) is 0 Å². The summed E-state index contributed by atoms with van der Waals surface area (Å²) in [7, 11) is 0. The first-order valence-corrected chi connectivity index (χ1v) is 11.2. The number of nitrogens with one attached hydrogen (secondary N) is 2. The summed E-state index contributed by atoms with van der Waals surface area (Å²) >= 11 is 4.09. The van der Waals surface area contributed by atoms with Crippen LogP contribution in [0.4, 0.5) is 0 Å². The molecule has 1 aliphatic rings. The van der Waals surface area contributed by atoms with E-state index >= 15 is 0 Å². The third kappa shape index (κ3) is 8.63. The van der Waals surface area contributed by atoms with Crippen LogP contribution in [-0.2, 0) is 24.0 Å². The molecule has 32 heavy (non-hydrogen) atoms. The van der Waals surface area contributed by atoms with E-state index in [1.165, 1.54) is 4.90 Å². The van der Waals surface area contributed by atoms with Crippen LogP contribution in [0, 0.1) is 0 Å². The van der Waals surface area contributed by atoms with E-state index in [4.69, 9.17) is 17.2 Å². The summed E-state index contributed by atoms with van der Waals surface area (Å²) in [5, 5.41) is 14.3. The number of carbonyl (C=O) groups excluding carboxylic acids is 4. The van der Waals surface area contributed by atoms with Crippen LogP contribution < -0.4 is 27.8 Å². The number of hydrogen-bond donors (Lipinski definition) is 7. The summed E-state index contributed by atoms with van der Waals surface area (Å²) in [5.74, 6) is -3.52. The number of nitrogens with zero attached hydrogens (tertiary/aromatic N) is 1. The lowest BCUT2D eigenvalue weighted by atomic mass is 10.1. The smallest absolute Gasteiger partial charge is 0.326 e. The van der Waals surface area contributed by atoms with Crippen LogP contribution in [0.1, 0.15) is 44.9 Å². The second-order valence-electron chi connectivity index (χ2n) is 7.73. The number of nitrogens with two attached hydrogens (primary N) is 3. The third-order valence-corrected chi connectivity index (χ3v) is 5.60. The molecule has 13 heteroatoms. The van der Waals surface area contributed by atoms with E-state index in [2.05, 4.69) is 23.3 Å². The molecule has 0 radical (unpaired) electrons. The number of carboxylic acids is 1. The van der Waals surface area contributed by atoms with Crippen molar-refractivity contribution >= 4 is 42.2 Å². The van der Waals surface area contributed by atoms with Crippen molar-refractivity contribution in [3.05, 3.63) is 0 Å². The number of carbonyl (C=O) groups is 5. The van der Waals surface area contributed by atoms with Crippen molar-refractivity contribution in [2.45, 2.75) is 69.1 Å². The third-order valence-electron chi connectivity index (χ3n) is 5.23. The number of aliphatic carboxylic acids is 1. The van der Waals surface area contributed by atoms with Gasteiger partial charge in [-0.25, -0.2) is 4.79 Å². The molecule has 0 saturated carbocycles. The van der Waals surface area contributed by atoms with Gasteiger partial charge in [0.2, 0.25) is 23.6 Å². The summed E-state index contributed by atoms with van der Waals surface area (Å²) in [6.07, 6.45) is 2.35. The van der Waals surface area contributed by atoms with Crippen LogP contribution in [-0.4, -0.2) is 82.6 Å². The zero-order chi connectivity index (χ0) is 24.3. The topological polar surface area (TPSA) is 211 Å². The Morgan fingerprint density at radius 1 is 1.09 bits per heavy atom. The molecule has 1 heterocycles. The summed E-state index contributed by atoms with van der Waals surface area (Å²) in [4.78, 5) is 61.6. The molecule has 1 aliphatic heterocycles. The quantitative estimate of drug-likeness (QED) is 0.107. The molecule has 0 aliphatic carbocycles. The minimum atomic E-state index is -1.18. The van der Waals surface area contributed by atoms with Crippen molar-refractivity contribution in [3.8, 4) is 0 Å². The molecule has 0 aromatic carbocycles. The minimum Gasteiger partial charge on any atom is -0.480 e. The van der Waals surface area contributed by atoms with Gasteiger partial charge in [0.1, 0.15) is 18.1 Å². The Labute approximate surface area is 192 Å². The average Bonchev–Trinajstić information content (AvgIpc) is 3.24. The number of thiol groups is 1. The second kappa shape index (κ2) is 13.9. The summed E-state index contributed by atoms with van der Waals surface area (Å²) in [6.45, 7) is 0.736. The minimum absolute atomic E-state index is 0.0461. The number of amides is 4. The molecule has 4 unspecified atom stereocenters. The molecule has 4 atom stereocenters. The van der Waals surface area contributed by atoms with Gasteiger partial charge in [0, 0.05) is 18.7 Å². The lowest BCUT2D eigenvalue weighted by Gasteiger charge is -2.28. The van der Waals surface area contributed by atoms with Crippen LogP contribution in [0.25, 0.3) is 0 Å². The van der Waals surface area contributed by atoms with Gasteiger partial charge < -0.3 is 37.8 Å². The molecule has 0 bridgehead atoms. The van der Waals surface area contributed by atoms with Crippen LogP contribution in [0.3, 0.4) is 0 Å². The molecule has 1 fully saturated rings. The predicted molar refractivity (Wildman–Crippen MR) is 119 cm³/mol. The lowest BCUT2D eigenvalue weighted by molar-refractivity contribution is -0.143. The molecule has 0 aromatic heterocycles. The van der Waals surface area contributed by atoms with Crippen LogP contribution >= 0.6 is 12.6 Å². The van der Waals surface area contributed by atoms with Crippen LogP contribution in [0.5, 0.6) is 0 Å². The molecular formula is C19H34N6O6S. The molecule has 1 rings (SSSR count). The Morgan fingerprint density at radius 2 is 1.78 bits per heavy atom. The van der Waals surface area contributed by atoms with Gasteiger partial charge in [0.15, 0.2) is 0 Å². The number of unbranched alkanes of at least 4 members (excludes halogenated alkanes) is 1. The van der Waals surface area contributed by atoms with E-state index in [-0.39, 0.29) is 25.0 Å². The fraction of sp³-hybridized carbons (Fsp3) is 0.737. The summed E-state index contributed by atoms with van der Waals surface area (Å²) in [5.41, 5.74) is 16.3. The Hall–Kier alpha value is -2.38. The number of primary amides is 1. The molecular weight excluding hydrogens is 440 g/mol. The number of carboxylic acid groups (broad SMARTS) is 1. The zero-order valence-corrected chi connectivity index (χ0v) is 18.9. The maximum absolute atomic E-state index is 12.8. The molecule has 1 saturated heterocycles. The lowest BCUT2D eigenvalue weighted by Crippen LogP contribution is -2.57. The Bertz CT molecular complexity index is 693. The van der Waals surface area contributed by atoms with E-state index < -0.39 is 53.8 Å². The highest BCUT2D eigenvalue weighted by molar-refractivity contribution is 7.80. The predicted octanol–water partition coefficient (Wildman–Crippen LogP) is -2.32. The van der Waals surface area contributed by atoms with Gasteiger partial charge in [-0.05, 0) is 45.1 Å². The van der Waals surface area contributed by atoms with Crippen molar-refractivity contribution in [2.24, 2.45) is 17.2 Å². The van der Waals surface area contributed by atoms with E-state index in [1.807, 2.05) is 0 Å². The average molecular weight is 475 g/mol. The second-order valence-corrected chi connectivity index (χ2v) is 8.09. The number of hydrogen-bond acceptors (Lipinski definition) is 8. The van der Waals surface area contributed by atoms with Gasteiger partial charge in [-0.2, -0.15) is 12.6 Å². The van der Waals surface area contributed by atoms with Gasteiger partial charge in [-0.1, -0.05) is 0 Å². The van der Waals surface area contributed by atoms with Crippen molar-refractivity contribution < 1.29 is 29.1 Å². The summed E-state index contributed by atoms with van der Waals surface area (Å²) < 4.78 is 0. The van der Waals surface area contributed by atoms with Crippen molar-refractivity contribution in [1.29, 1.82) is 0 Å². The van der Waals surface area contributed by atoms with Crippen LogP contribution in [0.15, 0.2) is 0 Å². The number of likely N-dealkylation sites (tertiary alicyclic amines) is 1. The SMILES string of the molecule is NCCCCC(NC(=O)C(CS)NC(=O)C1CCCN1C(=O)C(N)CCC(N)=O)C(=O)O. The van der Waals surface area contributed by atoms with Gasteiger partial charge in [-0.15, -0.1) is 0 Å². The van der Waals surface area contributed by atoms with Crippen molar-refractivity contribution in [2.75, 3.05) is 18.8 Å². The Morgan fingerprint density at radius 3 is 2.34 bits per heavy atom. The first kappa shape index (κ1) is 27.7. The molecule has 12 nitrogen and oxygen atoms in total. The molecule has 4 amide bonds. The maximum Gasteiger partial charge on any atom is 0.326 e. The van der Waals surface area contributed by atoms with Gasteiger partial charge in [-0.3, -0.25) is 19.2 Å². The fourth-order valence-electron chi connectivity index (χ4n) is 3.42. The monoisotopic (exact) mass is 474 g/mol. The molecule has 0 aromatic rings. The number of rotatable bonds is 14. The van der Waals surface area contributed by atoms with E-state index in [0.29, 0.717) is 38.8 Å². The zero-order valence-electron chi connectivity index (χ0n) is 18.0. The van der Waals surface area contributed by atoms with Gasteiger partial charge >= 0.3 is 5.97 Å². The molecule has 0 spiro atoms. The van der Waals surface area contributed by atoms with Crippen molar-refractivity contribution in [3.63, 3.8) is 0 Å². The van der Waals surface area contributed by atoms with E-state index in [9.17, 15) is 29.1 Å². The van der Waals surface area contributed by atoms with Crippen LogP contribution in [0.2, 0.25) is 0 Å². The van der Waals surface area contributed by atoms with E-state index in [0.717, 1.165) is 0 Å². The first-order valence-electron chi connectivity index (χ1n) is 10.6. The first-order chi connectivity index (χ1) is 15.1. The van der Waals surface area contributed by atoms with Gasteiger partial charge in [0.05, 0.1) is 6.04 Å². The normalized spacial score (nSPS) is 18.5. The van der Waals surface area contributed by atoms with Gasteiger partial charge in [0.25, 0.3) is 0 Å². The Kier molecular flexibility index (Phi) is 12.0. The Balaban J connectivity index is 2.73. The maximum atomic E-state index is 12.8. The largest absolute Gasteiger partial charge is 0.480 e. The molecule has 182 valence electrons. The fourth-order valence-corrected chi connectivity index (χ4v) is 3.68. The highest BCUT2D eigenvalue weighted by Gasteiger charge is 2.37. The standard InChI is InChI=1S/C19H34N6O6S/c20-8-2-1-4-12(19(30)31)23-16(27)13(10-32)24-17(28)14-5-3-9-25(14)18(29)11(21)6-7-15(22)26/h11-14,32H,1-10,20-21H2,(H2,22,26)(H,23,27)(H,24,28)(H,30,31). The highest BCUT2D eigenvalue weighted by atomic mass is 32.1. The van der Waals surface area contributed by atoms with Crippen molar-refractivity contribution in [1.82, 2.24) is 15.5 Å². The highest BCUT2D eigenvalue weighted by Crippen LogP contribution is 2.19. The molecule has 9 N–H and O–H groups in total.